The molecule has 3 N–H and O–H groups in total. The van der Waals surface area contributed by atoms with Crippen LogP contribution in [0.1, 0.15) is 16.8 Å². The standard InChI is InChI=1S/C11H9ClN2O7/c12-6-1-5(2-7(3-6)14(20)21)10(17)13-8(11(18)19)4-9(15)16/h1-3,8H,4H2,(H,13,17)(H,15,16)(H,18,19)/t8-/m0/s1. The molecule has 0 fully saturated rings. The van der Waals surface area contributed by atoms with Gasteiger partial charge >= 0.3 is 11.9 Å². The number of carboxylic acids is 2. The molecule has 1 atom stereocenters. The van der Waals surface area contributed by atoms with Crippen molar-refractivity contribution in [3.8, 4) is 0 Å². The van der Waals surface area contributed by atoms with Gasteiger partial charge in [-0.2, -0.15) is 0 Å². The lowest BCUT2D eigenvalue weighted by atomic mass is 10.1. The summed E-state index contributed by atoms with van der Waals surface area (Å²) in [5.74, 6) is -3.93. The van der Waals surface area contributed by atoms with Crippen molar-refractivity contribution in [1.29, 1.82) is 0 Å². The van der Waals surface area contributed by atoms with Crippen molar-refractivity contribution >= 4 is 35.1 Å². The predicted octanol–water partition coefficient (Wildman–Crippen LogP) is 0.906. The van der Waals surface area contributed by atoms with Crippen LogP contribution in [-0.4, -0.2) is 39.0 Å². The third kappa shape index (κ3) is 4.73. The summed E-state index contributed by atoms with van der Waals surface area (Å²) in [6, 6.07) is 1.36. The van der Waals surface area contributed by atoms with Gasteiger partial charge in [0.15, 0.2) is 0 Å². The number of hydrogen-bond acceptors (Lipinski definition) is 5. The second-order valence-electron chi connectivity index (χ2n) is 3.92. The number of non-ortho nitro benzene ring substituents is 1. The molecule has 0 aliphatic carbocycles. The monoisotopic (exact) mass is 316 g/mol. The summed E-state index contributed by atoms with van der Waals surface area (Å²) in [4.78, 5) is 43.0. The molecule has 0 aromatic heterocycles. The molecule has 0 heterocycles. The van der Waals surface area contributed by atoms with Crippen LogP contribution in [0.3, 0.4) is 0 Å². The number of hydrogen-bond donors (Lipinski definition) is 3. The molecule has 0 aliphatic rings. The summed E-state index contributed by atoms with van der Waals surface area (Å²) in [5, 5.41) is 29.9. The molecule has 10 heteroatoms. The number of benzene rings is 1. The molecular weight excluding hydrogens is 308 g/mol. The molecule has 1 aromatic rings. The molecular formula is C11H9ClN2O7. The minimum atomic E-state index is -1.66. The van der Waals surface area contributed by atoms with E-state index in [1.54, 1.807) is 0 Å². The Hall–Kier alpha value is -2.68. The van der Waals surface area contributed by atoms with E-state index in [0.29, 0.717) is 0 Å². The number of carbonyl (C=O) groups is 3. The van der Waals surface area contributed by atoms with Crippen molar-refractivity contribution in [2.75, 3.05) is 0 Å². The Morgan fingerprint density at radius 3 is 2.38 bits per heavy atom. The zero-order chi connectivity index (χ0) is 16.2. The Morgan fingerprint density at radius 2 is 1.90 bits per heavy atom. The molecule has 1 aromatic carbocycles. The summed E-state index contributed by atoms with van der Waals surface area (Å²) < 4.78 is 0. The Labute approximate surface area is 122 Å². The van der Waals surface area contributed by atoms with E-state index in [0.717, 1.165) is 18.2 Å². The highest BCUT2D eigenvalue weighted by Gasteiger charge is 2.24. The number of carboxylic acid groups (broad SMARTS) is 2. The average Bonchev–Trinajstić information content (AvgIpc) is 2.36. The Bertz CT molecular complexity index is 617. The normalized spacial score (nSPS) is 11.5. The smallest absolute Gasteiger partial charge is 0.326 e. The van der Waals surface area contributed by atoms with Crippen molar-refractivity contribution in [2.24, 2.45) is 0 Å². The first-order valence-corrected chi connectivity index (χ1v) is 5.79. The maximum absolute atomic E-state index is 11.8. The van der Waals surface area contributed by atoms with Gasteiger partial charge in [-0.15, -0.1) is 0 Å². The van der Waals surface area contributed by atoms with Crippen molar-refractivity contribution in [3.05, 3.63) is 38.9 Å². The summed E-state index contributed by atoms with van der Waals surface area (Å²) in [7, 11) is 0. The van der Waals surface area contributed by atoms with Gasteiger partial charge in [0.25, 0.3) is 11.6 Å². The van der Waals surface area contributed by atoms with Crippen LogP contribution in [-0.2, 0) is 9.59 Å². The maximum Gasteiger partial charge on any atom is 0.326 e. The number of carbonyl (C=O) groups excluding carboxylic acids is 1. The lowest BCUT2D eigenvalue weighted by Crippen LogP contribution is -2.42. The highest BCUT2D eigenvalue weighted by Crippen LogP contribution is 2.21. The van der Waals surface area contributed by atoms with Gasteiger partial charge < -0.3 is 15.5 Å². The van der Waals surface area contributed by atoms with Crippen molar-refractivity contribution in [2.45, 2.75) is 12.5 Å². The molecule has 0 spiro atoms. The van der Waals surface area contributed by atoms with Gasteiger partial charge in [-0.05, 0) is 6.07 Å². The zero-order valence-corrected chi connectivity index (χ0v) is 11.0. The van der Waals surface area contributed by atoms with E-state index in [9.17, 15) is 24.5 Å². The van der Waals surface area contributed by atoms with Crippen molar-refractivity contribution in [1.82, 2.24) is 5.32 Å². The summed E-state index contributed by atoms with van der Waals surface area (Å²) in [6.07, 6.45) is -0.830. The first kappa shape index (κ1) is 16.4. The van der Waals surface area contributed by atoms with Crippen LogP contribution < -0.4 is 5.32 Å². The minimum absolute atomic E-state index is 0.0838. The first-order chi connectivity index (χ1) is 9.70. The van der Waals surface area contributed by atoms with E-state index < -0.39 is 40.9 Å². The highest BCUT2D eigenvalue weighted by molar-refractivity contribution is 6.31. The quantitative estimate of drug-likeness (QED) is 0.521. The van der Waals surface area contributed by atoms with Gasteiger partial charge in [-0.25, -0.2) is 4.79 Å². The fourth-order valence-corrected chi connectivity index (χ4v) is 1.66. The van der Waals surface area contributed by atoms with Gasteiger partial charge in [0.05, 0.1) is 11.3 Å². The van der Waals surface area contributed by atoms with E-state index in [-0.39, 0.29) is 10.6 Å². The van der Waals surface area contributed by atoms with Crippen molar-refractivity contribution < 1.29 is 29.5 Å². The van der Waals surface area contributed by atoms with Crippen LogP contribution in [0, 0.1) is 10.1 Å². The molecule has 0 bridgehead atoms. The molecule has 0 saturated heterocycles. The number of amides is 1. The van der Waals surface area contributed by atoms with Crippen LogP contribution in [0.2, 0.25) is 5.02 Å². The van der Waals surface area contributed by atoms with Crippen LogP contribution in [0.4, 0.5) is 5.69 Å². The van der Waals surface area contributed by atoms with E-state index in [4.69, 9.17) is 21.8 Å². The second kappa shape index (κ2) is 6.66. The van der Waals surface area contributed by atoms with Gasteiger partial charge in [-0.3, -0.25) is 19.7 Å². The molecule has 0 radical (unpaired) electrons. The second-order valence-corrected chi connectivity index (χ2v) is 4.35. The maximum atomic E-state index is 11.8. The molecule has 0 aliphatic heterocycles. The molecule has 112 valence electrons. The van der Waals surface area contributed by atoms with E-state index in [1.165, 1.54) is 0 Å². The minimum Gasteiger partial charge on any atom is -0.481 e. The van der Waals surface area contributed by atoms with Gasteiger partial charge in [0, 0.05) is 22.7 Å². The number of aliphatic carboxylic acids is 2. The van der Waals surface area contributed by atoms with Gasteiger partial charge in [0.1, 0.15) is 6.04 Å². The number of halogens is 1. The number of nitro benzene ring substituents is 1. The van der Waals surface area contributed by atoms with Crippen LogP contribution in [0.5, 0.6) is 0 Å². The van der Waals surface area contributed by atoms with Gasteiger partial charge in [0.2, 0.25) is 0 Å². The molecule has 0 unspecified atom stereocenters. The summed E-state index contributed by atoms with van der Waals surface area (Å²) in [6.45, 7) is 0. The highest BCUT2D eigenvalue weighted by atomic mass is 35.5. The summed E-state index contributed by atoms with van der Waals surface area (Å²) >= 11 is 5.63. The fourth-order valence-electron chi connectivity index (χ4n) is 1.43. The summed E-state index contributed by atoms with van der Waals surface area (Å²) in [5.41, 5.74) is -0.691. The third-order valence-corrected chi connectivity index (χ3v) is 2.56. The van der Waals surface area contributed by atoms with Crippen LogP contribution >= 0.6 is 11.6 Å². The molecule has 9 nitrogen and oxygen atoms in total. The Kier molecular flexibility index (Phi) is 5.19. The SMILES string of the molecule is O=C(O)C[C@H](NC(=O)c1cc(Cl)cc([N+](=O)[O-])c1)C(=O)O. The van der Waals surface area contributed by atoms with Crippen LogP contribution in [0.25, 0.3) is 0 Å². The largest absolute Gasteiger partial charge is 0.481 e. The van der Waals surface area contributed by atoms with Crippen LogP contribution in [0.15, 0.2) is 18.2 Å². The fraction of sp³-hybridized carbons (Fsp3) is 0.182. The number of nitro groups is 1. The number of nitrogens with one attached hydrogen (secondary N) is 1. The van der Waals surface area contributed by atoms with Gasteiger partial charge in [-0.1, -0.05) is 11.6 Å². The molecule has 1 rings (SSSR count). The average molecular weight is 317 g/mol. The van der Waals surface area contributed by atoms with Crippen molar-refractivity contribution in [3.63, 3.8) is 0 Å². The van der Waals surface area contributed by atoms with E-state index in [1.807, 2.05) is 5.32 Å². The topological polar surface area (TPSA) is 147 Å². The van der Waals surface area contributed by atoms with E-state index in [2.05, 4.69) is 0 Å². The zero-order valence-electron chi connectivity index (χ0n) is 10.3. The van der Waals surface area contributed by atoms with E-state index >= 15 is 0 Å². The number of nitrogens with zero attached hydrogens (tertiary/aromatic N) is 1. The Morgan fingerprint density at radius 1 is 1.29 bits per heavy atom. The predicted molar refractivity (Wildman–Crippen MR) is 69.2 cm³/mol. The first-order valence-electron chi connectivity index (χ1n) is 5.41. The molecule has 1 amide bonds. The Balaban J connectivity index is 2.99. The third-order valence-electron chi connectivity index (χ3n) is 2.34. The molecule has 0 saturated carbocycles. The lowest BCUT2D eigenvalue weighted by Gasteiger charge is -2.12. The lowest BCUT2D eigenvalue weighted by molar-refractivity contribution is -0.384. The number of rotatable bonds is 6. The molecule has 21 heavy (non-hydrogen) atoms.